The first-order chi connectivity index (χ1) is 17.6. The van der Waals surface area contributed by atoms with Crippen molar-refractivity contribution in [2.45, 2.75) is 35.0 Å². The summed E-state index contributed by atoms with van der Waals surface area (Å²) in [5, 5.41) is 0. The molecule has 36 heavy (non-hydrogen) atoms. The van der Waals surface area contributed by atoms with E-state index in [-0.39, 0.29) is 4.08 Å². The summed E-state index contributed by atoms with van der Waals surface area (Å²) in [7, 11) is 0. The lowest BCUT2D eigenvalue weighted by atomic mass is 10.2. The average Bonchev–Trinajstić information content (AvgIpc) is 2.90. The Morgan fingerprint density at radius 1 is 0.528 bits per heavy atom. The van der Waals surface area contributed by atoms with Crippen molar-refractivity contribution in [3.8, 4) is 0 Å². The zero-order valence-corrected chi connectivity index (χ0v) is 22.8. The molecule has 0 amide bonds. The van der Waals surface area contributed by atoms with Gasteiger partial charge in [0, 0.05) is 40.8 Å². The van der Waals surface area contributed by atoms with Gasteiger partial charge in [-0.1, -0.05) is 60.0 Å². The number of anilines is 2. The van der Waals surface area contributed by atoms with Gasteiger partial charge in [-0.3, -0.25) is 0 Å². The summed E-state index contributed by atoms with van der Waals surface area (Å²) in [5.41, 5.74) is 13.3. The Morgan fingerprint density at radius 2 is 1.00 bits per heavy atom. The summed E-state index contributed by atoms with van der Waals surface area (Å²) in [4.78, 5) is 7.40. The van der Waals surface area contributed by atoms with Gasteiger partial charge in [-0.15, -0.1) is 23.5 Å². The van der Waals surface area contributed by atoms with Gasteiger partial charge in [0.1, 0.15) is 0 Å². The molecule has 0 saturated heterocycles. The van der Waals surface area contributed by atoms with E-state index in [1.165, 1.54) is 29.4 Å². The minimum absolute atomic E-state index is 0.136. The molecule has 4 aromatic rings. The van der Waals surface area contributed by atoms with Crippen molar-refractivity contribution in [3.05, 3.63) is 126 Å². The SMILES string of the molecule is Nc1ccc(Sc2ccc(SC3(Sc4ccc(N)cc4)C=CC(Sc4ccccc4)=CC3)cc2)cc1. The summed E-state index contributed by atoms with van der Waals surface area (Å²) in [5.74, 6) is 0. The van der Waals surface area contributed by atoms with E-state index in [0.717, 1.165) is 17.8 Å². The standard InChI is InChI=1S/C30H26N2S4/c31-22-6-10-25(11-7-22)34-26-14-16-29(17-15-26)36-30(35-28-12-8-23(32)9-13-28)20-18-27(19-21-30)33-24-4-2-1-3-5-24/h1-20H,21,31-32H2. The molecule has 1 atom stereocenters. The van der Waals surface area contributed by atoms with Crippen LogP contribution in [-0.4, -0.2) is 4.08 Å². The highest BCUT2D eigenvalue weighted by Crippen LogP contribution is 2.52. The van der Waals surface area contributed by atoms with Gasteiger partial charge >= 0.3 is 0 Å². The first kappa shape index (κ1) is 25.0. The number of nitrogen functional groups attached to an aromatic ring is 2. The largest absolute Gasteiger partial charge is 0.399 e. The number of benzene rings is 4. The Balaban J connectivity index is 1.33. The third kappa shape index (κ3) is 6.77. The van der Waals surface area contributed by atoms with Crippen LogP contribution < -0.4 is 11.5 Å². The molecule has 5 rings (SSSR count). The molecular weight excluding hydrogens is 517 g/mol. The molecule has 2 nitrogen and oxygen atoms in total. The van der Waals surface area contributed by atoms with E-state index in [2.05, 4.69) is 97.1 Å². The van der Waals surface area contributed by atoms with Gasteiger partial charge < -0.3 is 11.5 Å². The maximum absolute atomic E-state index is 5.94. The second kappa shape index (κ2) is 11.6. The van der Waals surface area contributed by atoms with Crippen LogP contribution in [-0.2, 0) is 0 Å². The smallest absolute Gasteiger partial charge is 0.0922 e. The monoisotopic (exact) mass is 542 g/mol. The molecule has 1 aliphatic carbocycles. The highest BCUT2D eigenvalue weighted by molar-refractivity contribution is 8.18. The molecule has 180 valence electrons. The number of allylic oxidation sites excluding steroid dienone is 2. The number of nitrogens with two attached hydrogens (primary N) is 2. The third-order valence-corrected chi connectivity index (χ3v) is 10.3. The predicted octanol–water partition coefficient (Wildman–Crippen LogP) is 9.22. The fourth-order valence-electron chi connectivity index (χ4n) is 3.64. The molecule has 6 heteroatoms. The molecule has 0 aromatic heterocycles. The van der Waals surface area contributed by atoms with E-state index in [1.54, 1.807) is 11.8 Å². The van der Waals surface area contributed by atoms with Crippen LogP contribution in [0.2, 0.25) is 0 Å². The van der Waals surface area contributed by atoms with Gasteiger partial charge in [0.05, 0.1) is 4.08 Å². The van der Waals surface area contributed by atoms with Crippen LogP contribution in [0.1, 0.15) is 6.42 Å². The van der Waals surface area contributed by atoms with Gasteiger partial charge in [0.2, 0.25) is 0 Å². The normalized spacial score (nSPS) is 17.1. The van der Waals surface area contributed by atoms with Gasteiger partial charge in [-0.25, -0.2) is 0 Å². The van der Waals surface area contributed by atoms with E-state index >= 15 is 0 Å². The highest BCUT2D eigenvalue weighted by atomic mass is 32.2. The van der Waals surface area contributed by atoms with E-state index in [0.29, 0.717) is 0 Å². The fourth-order valence-corrected chi connectivity index (χ4v) is 8.02. The highest BCUT2D eigenvalue weighted by Gasteiger charge is 2.31. The molecule has 1 aliphatic rings. The van der Waals surface area contributed by atoms with Crippen molar-refractivity contribution >= 4 is 58.4 Å². The molecule has 0 aliphatic heterocycles. The Labute approximate surface area is 230 Å². The van der Waals surface area contributed by atoms with Crippen LogP contribution in [0.5, 0.6) is 0 Å². The Bertz CT molecular complexity index is 1350. The van der Waals surface area contributed by atoms with Crippen LogP contribution in [0.15, 0.2) is 151 Å². The minimum atomic E-state index is -0.136. The topological polar surface area (TPSA) is 52.0 Å². The minimum Gasteiger partial charge on any atom is -0.399 e. The van der Waals surface area contributed by atoms with Crippen molar-refractivity contribution in [1.82, 2.24) is 0 Å². The molecule has 0 radical (unpaired) electrons. The molecule has 0 fully saturated rings. The fraction of sp³-hybridized carbons (Fsp3) is 0.0667. The molecule has 0 bridgehead atoms. The predicted molar refractivity (Wildman–Crippen MR) is 161 cm³/mol. The van der Waals surface area contributed by atoms with Gasteiger partial charge in [0.15, 0.2) is 0 Å². The van der Waals surface area contributed by atoms with Gasteiger partial charge in [-0.05, 0) is 91.3 Å². The van der Waals surface area contributed by atoms with Crippen LogP contribution in [0.25, 0.3) is 0 Å². The molecule has 4 N–H and O–H groups in total. The molecular formula is C30H26N2S4. The van der Waals surface area contributed by atoms with E-state index in [1.807, 2.05) is 59.6 Å². The maximum atomic E-state index is 5.94. The summed E-state index contributed by atoms with van der Waals surface area (Å²) in [6.45, 7) is 0. The Hall–Kier alpha value is -2.64. The summed E-state index contributed by atoms with van der Waals surface area (Å²) >= 11 is 7.34. The summed E-state index contributed by atoms with van der Waals surface area (Å²) in [6.07, 6.45) is 7.92. The lowest BCUT2D eigenvalue weighted by Crippen LogP contribution is -2.18. The molecule has 0 spiro atoms. The van der Waals surface area contributed by atoms with E-state index in [9.17, 15) is 0 Å². The number of rotatable bonds is 8. The second-order valence-electron chi connectivity index (χ2n) is 8.29. The Kier molecular flexibility index (Phi) is 8.07. The lowest BCUT2D eigenvalue weighted by Gasteiger charge is -2.31. The van der Waals surface area contributed by atoms with Crippen molar-refractivity contribution in [2.75, 3.05) is 11.5 Å². The zero-order valence-electron chi connectivity index (χ0n) is 19.5. The van der Waals surface area contributed by atoms with Crippen LogP contribution in [0.4, 0.5) is 11.4 Å². The first-order valence-corrected chi connectivity index (χ1v) is 14.8. The quantitative estimate of drug-likeness (QED) is 0.171. The third-order valence-electron chi connectivity index (χ3n) is 5.47. The summed E-state index contributed by atoms with van der Waals surface area (Å²) in [6, 6.07) is 35.6. The average molecular weight is 543 g/mol. The first-order valence-electron chi connectivity index (χ1n) is 11.5. The molecule has 1 unspecified atom stereocenters. The van der Waals surface area contributed by atoms with Crippen LogP contribution >= 0.6 is 47.0 Å². The zero-order chi connectivity index (χ0) is 24.8. The van der Waals surface area contributed by atoms with E-state index < -0.39 is 0 Å². The summed E-state index contributed by atoms with van der Waals surface area (Å²) < 4.78 is -0.136. The number of thioether (sulfide) groups is 3. The molecule has 4 aromatic carbocycles. The second-order valence-corrected chi connectivity index (χ2v) is 13.6. The van der Waals surface area contributed by atoms with Crippen molar-refractivity contribution in [2.24, 2.45) is 0 Å². The number of hydrogen-bond acceptors (Lipinski definition) is 6. The van der Waals surface area contributed by atoms with Gasteiger partial charge in [-0.2, -0.15) is 0 Å². The van der Waals surface area contributed by atoms with E-state index in [4.69, 9.17) is 11.5 Å². The molecule has 0 saturated carbocycles. The van der Waals surface area contributed by atoms with Crippen molar-refractivity contribution < 1.29 is 0 Å². The molecule has 0 heterocycles. The number of hydrogen-bond donors (Lipinski definition) is 2. The van der Waals surface area contributed by atoms with Crippen molar-refractivity contribution in [3.63, 3.8) is 0 Å². The maximum Gasteiger partial charge on any atom is 0.0922 e. The Morgan fingerprint density at radius 3 is 1.53 bits per heavy atom. The lowest BCUT2D eigenvalue weighted by molar-refractivity contribution is 0.981. The van der Waals surface area contributed by atoms with Crippen LogP contribution in [0.3, 0.4) is 0 Å². The van der Waals surface area contributed by atoms with Gasteiger partial charge in [0.25, 0.3) is 0 Å². The van der Waals surface area contributed by atoms with Crippen molar-refractivity contribution in [1.29, 1.82) is 0 Å². The van der Waals surface area contributed by atoms with Crippen LogP contribution in [0, 0.1) is 0 Å².